The third-order valence-electron chi connectivity index (χ3n) is 4.53. The molecule has 2 bridgehead atoms. The van der Waals surface area contributed by atoms with Crippen LogP contribution in [0, 0.1) is 10.8 Å². The maximum atomic E-state index is 11.7. The first-order valence-corrected chi connectivity index (χ1v) is 5.41. The van der Waals surface area contributed by atoms with Gasteiger partial charge in [-0.3, -0.25) is 4.79 Å². The molecule has 0 aromatic rings. The number of ether oxygens (including phenoxy) is 2. The summed E-state index contributed by atoms with van der Waals surface area (Å²) >= 11 is 0. The molecule has 1 saturated heterocycles. The van der Waals surface area contributed by atoms with Crippen LogP contribution in [0.1, 0.15) is 32.1 Å². The number of carbonyl (C=O) groups excluding carboxylic acids is 1. The first-order valence-electron chi connectivity index (χ1n) is 5.41. The van der Waals surface area contributed by atoms with Crippen LogP contribution in [-0.2, 0) is 14.3 Å². The minimum absolute atomic E-state index is 0.0116. The second-order valence-electron chi connectivity index (χ2n) is 5.13. The quantitative estimate of drug-likeness (QED) is 0.496. The predicted octanol–water partition coefficient (Wildman–Crippen LogP) is 1.51. The molecule has 0 N–H and O–H groups in total. The largest absolute Gasteiger partial charge is 0.469 e. The van der Waals surface area contributed by atoms with E-state index in [0.717, 1.165) is 38.7 Å². The van der Waals surface area contributed by atoms with Crippen molar-refractivity contribution < 1.29 is 14.3 Å². The molecule has 1 atom stereocenters. The third kappa shape index (κ3) is 0.937. The van der Waals surface area contributed by atoms with Crippen molar-refractivity contribution in [3.8, 4) is 0 Å². The number of carbonyl (C=O) groups is 1. The lowest BCUT2D eigenvalue weighted by molar-refractivity contribution is -0.152. The minimum atomic E-state index is -0.138. The Labute approximate surface area is 83.8 Å². The van der Waals surface area contributed by atoms with Crippen molar-refractivity contribution in [2.45, 2.75) is 38.2 Å². The van der Waals surface area contributed by atoms with Gasteiger partial charge < -0.3 is 9.47 Å². The summed E-state index contributed by atoms with van der Waals surface area (Å²) in [5.74, 6) is 0.0116. The summed E-state index contributed by atoms with van der Waals surface area (Å²) < 4.78 is 10.3. The van der Waals surface area contributed by atoms with E-state index in [-0.39, 0.29) is 11.4 Å². The van der Waals surface area contributed by atoms with E-state index in [0.29, 0.717) is 11.5 Å². The number of hydrogen-bond acceptors (Lipinski definition) is 3. The van der Waals surface area contributed by atoms with Crippen molar-refractivity contribution in [1.82, 2.24) is 0 Å². The number of rotatable bonds is 2. The van der Waals surface area contributed by atoms with E-state index < -0.39 is 0 Å². The summed E-state index contributed by atoms with van der Waals surface area (Å²) in [6, 6.07) is 0. The van der Waals surface area contributed by atoms with E-state index in [4.69, 9.17) is 9.47 Å². The fourth-order valence-corrected chi connectivity index (χ4v) is 3.58. The van der Waals surface area contributed by atoms with Gasteiger partial charge in [-0.1, -0.05) is 0 Å². The van der Waals surface area contributed by atoms with Gasteiger partial charge in [-0.05, 0) is 32.1 Å². The molecule has 1 unspecified atom stereocenters. The van der Waals surface area contributed by atoms with Crippen LogP contribution in [0.2, 0.25) is 0 Å². The summed E-state index contributed by atoms with van der Waals surface area (Å²) in [7, 11) is 1.50. The van der Waals surface area contributed by atoms with Crippen molar-refractivity contribution >= 4 is 5.97 Å². The summed E-state index contributed by atoms with van der Waals surface area (Å²) in [5.41, 5.74) is 0.203. The molecule has 2 aliphatic carbocycles. The van der Waals surface area contributed by atoms with E-state index >= 15 is 0 Å². The van der Waals surface area contributed by atoms with Crippen LogP contribution in [0.25, 0.3) is 0 Å². The molecule has 78 valence electrons. The molecule has 0 amide bonds. The minimum Gasteiger partial charge on any atom is -0.469 e. The van der Waals surface area contributed by atoms with Crippen LogP contribution in [0.3, 0.4) is 0 Å². The van der Waals surface area contributed by atoms with E-state index in [1.165, 1.54) is 7.11 Å². The monoisotopic (exact) mass is 196 g/mol. The second-order valence-corrected chi connectivity index (χ2v) is 5.13. The number of esters is 1. The normalized spacial score (nSPS) is 49.4. The first kappa shape index (κ1) is 8.72. The van der Waals surface area contributed by atoms with Crippen LogP contribution in [0.4, 0.5) is 0 Å². The third-order valence-corrected chi connectivity index (χ3v) is 4.53. The van der Waals surface area contributed by atoms with E-state index in [2.05, 4.69) is 0 Å². The van der Waals surface area contributed by atoms with Crippen LogP contribution in [0.5, 0.6) is 0 Å². The van der Waals surface area contributed by atoms with Gasteiger partial charge in [-0.15, -0.1) is 0 Å². The Balaban J connectivity index is 1.84. The molecule has 0 radical (unpaired) electrons. The Morgan fingerprint density at radius 3 is 2.50 bits per heavy atom. The van der Waals surface area contributed by atoms with Gasteiger partial charge >= 0.3 is 5.97 Å². The summed E-state index contributed by atoms with van der Waals surface area (Å²) in [5, 5.41) is 0. The zero-order valence-corrected chi connectivity index (χ0v) is 8.54. The Bertz CT molecular complexity index is 272. The Morgan fingerprint density at radius 2 is 2.00 bits per heavy atom. The molecule has 0 spiro atoms. The molecule has 0 aromatic heterocycles. The molecule has 2 saturated carbocycles. The molecule has 0 aromatic carbocycles. The molecule has 3 fully saturated rings. The smallest absolute Gasteiger partial charge is 0.311 e. The van der Waals surface area contributed by atoms with E-state index in [9.17, 15) is 4.79 Å². The average molecular weight is 196 g/mol. The molecule has 14 heavy (non-hydrogen) atoms. The average Bonchev–Trinajstić information content (AvgIpc) is 2.93. The number of hydrogen-bond donors (Lipinski definition) is 0. The summed E-state index contributed by atoms with van der Waals surface area (Å²) in [4.78, 5) is 11.7. The van der Waals surface area contributed by atoms with Gasteiger partial charge in [-0.2, -0.15) is 0 Å². The number of methoxy groups -OCH3 is 1. The van der Waals surface area contributed by atoms with Crippen molar-refractivity contribution in [2.75, 3.05) is 13.7 Å². The Morgan fingerprint density at radius 1 is 1.36 bits per heavy atom. The zero-order valence-electron chi connectivity index (χ0n) is 8.54. The number of epoxide rings is 1. The fraction of sp³-hybridized carbons (Fsp3) is 0.909. The molecule has 1 heterocycles. The van der Waals surface area contributed by atoms with E-state index in [1.54, 1.807) is 0 Å². The van der Waals surface area contributed by atoms with Gasteiger partial charge in [0.05, 0.1) is 25.2 Å². The Hall–Kier alpha value is -0.570. The topological polar surface area (TPSA) is 38.8 Å². The summed E-state index contributed by atoms with van der Waals surface area (Å²) in [6.07, 6.45) is 5.81. The lowest BCUT2D eigenvalue weighted by Gasteiger charge is -2.24. The molecular weight excluding hydrogens is 180 g/mol. The van der Waals surface area contributed by atoms with Crippen LogP contribution in [0.15, 0.2) is 0 Å². The van der Waals surface area contributed by atoms with Gasteiger partial charge in [0.25, 0.3) is 0 Å². The molecule has 1 aliphatic heterocycles. The van der Waals surface area contributed by atoms with Gasteiger partial charge in [0.15, 0.2) is 0 Å². The van der Waals surface area contributed by atoms with Gasteiger partial charge in [0.1, 0.15) is 0 Å². The molecular formula is C11H16O3. The van der Waals surface area contributed by atoms with Crippen molar-refractivity contribution in [1.29, 1.82) is 0 Å². The van der Waals surface area contributed by atoms with Crippen LogP contribution < -0.4 is 0 Å². The Kier molecular flexibility index (Phi) is 1.56. The van der Waals surface area contributed by atoms with Crippen molar-refractivity contribution in [3.63, 3.8) is 0 Å². The van der Waals surface area contributed by atoms with Gasteiger partial charge in [0.2, 0.25) is 0 Å². The predicted molar refractivity (Wildman–Crippen MR) is 49.7 cm³/mol. The fourth-order valence-electron chi connectivity index (χ4n) is 3.58. The van der Waals surface area contributed by atoms with Crippen LogP contribution in [-0.4, -0.2) is 25.8 Å². The lowest BCUT2D eigenvalue weighted by Crippen LogP contribution is -2.27. The second kappa shape index (κ2) is 2.51. The summed E-state index contributed by atoms with van der Waals surface area (Å²) in [6.45, 7) is 0.914. The molecule has 3 aliphatic rings. The van der Waals surface area contributed by atoms with Gasteiger partial charge in [0, 0.05) is 5.41 Å². The van der Waals surface area contributed by atoms with Gasteiger partial charge in [-0.25, -0.2) is 0 Å². The van der Waals surface area contributed by atoms with Crippen LogP contribution >= 0.6 is 0 Å². The maximum Gasteiger partial charge on any atom is 0.311 e. The molecule has 3 rings (SSSR count). The van der Waals surface area contributed by atoms with Crippen molar-refractivity contribution in [3.05, 3.63) is 0 Å². The highest BCUT2D eigenvalue weighted by molar-refractivity contribution is 5.78. The molecule has 3 nitrogen and oxygen atoms in total. The zero-order chi connectivity index (χ0) is 9.81. The number of fused-ring (bicyclic) bond motifs is 2. The first-order chi connectivity index (χ1) is 6.71. The SMILES string of the molecule is COC(=O)C12CCC(C3CO3)(CC1)C2. The molecule has 3 heteroatoms. The van der Waals surface area contributed by atoms with E-state index in [1.807, 2.05) is 0 Å². The highest BCUT2D eigenvalue weighted by Crippen LogP contribution is 2.65. The van der Waals surface area contributed by atoms with Crippen molar-refractivity contribution in [2.24, 2.45) is 10.8 Å². The maximum absolute atomic E-state index is 11.7. The highest BCUT2D eigenvalue weighted by atomic mass is 16.6. The standard InChI is InChI=1S/C11H16O3/c1-13-9(12)11-4-2-10(7-11,3-5-11)8-6-14-8/h8H,2-7H2,1H3. The highest BCUT2D eigenvalue weighted by Gasteiger charge is 2.63. The lowest BCUT2D eigenvalue weighted by atomic mass is 9.80.